The van der Waals surface area contributed by atoms with Gasteiger partial charge in [-0.05, 0) is 42.9 Å². The fourth-order valence-electron chi connectivity index (χ4n) is 3.46. The normalized spacial score (nSPS) is 30.4. The maximum absolute atomic E-state index is 12.4. The zero-order valence-electron chi connectivity index (χ0n) is 11.2. The molecule has 0 aromatic heterocycles. The van der Waals surface area contributed by atoms with Crippen LogP contribution >= 0.6 is 0 Å². The van der Waals surface area contributed by atoms with Crippen molar-refractivity contribution in [3.63, 3.8) is 0 Å². The molecule has 0 saturated heterocycles. The number of allylic oxidation sites excluding steroid dienone is 2. The Balaban J connectivity index is 1.80. The van der Waals surface area contributed by atoms with E-state index >= 15 is 0 Å². The molecule has 1 saturated carbocycles. The van der Waals surface area contributed by atoms with Crippen molar-refractivity contribution < 1.29 is 14.7 Å². The molecule has 1 aromatic carbocycles. The third-order valence-electron chi connectivity index (χ3n) is 4.33. The van der Waals surface area contributed by atoms with Gasteiger partial charge in [0.25, 0.3) is 0 Å². The summed E-state index contributed by atoms with van der Waals surface area (Å²) in [6, 6.07) is 7.54. The molecular formula is C16H17NO3. The van der Waals surface area contributed by atoms with Gasteiger partial charge in [0, 0.05) is 5.69 Å². The highest BCUT2D eigenvalue weighted by molar-refractivity contribution is 5.96. The summed E-state index contributed by atoms with van der Waals surface area (Å²) in [7, 11) is 0. The van der Waals surface area contributed by atoms with Gasteiger partial charge >= 0.3 is 5.97 Å². The fraction of sp³-hybridized carbons (Fsp3) is 0.375. The van der Waals surface area contributed by atoms with Gasteiger partial charge in [0.2, 0.25) is 5.91 Å². The number of carboxylic acid groups (broad SMARTS) is 1. The second kappa shape index (κ2) is 4.78. The molecule has 1 amide bonds. The van der Waals surface area contributed by atoms with E-state index in [1.165, 1.54) is 0 Å². The van der Waals surface area contributed by atoms with Gasteiger partial charge in [0.05, 0.1) is 11.8 Å². The molecule has 0 heterocycles. The Bertz CT molecular complexity index is 593. The van der Waals surface area contributed by atoms with Crippen LogP contribution in [0.25, 0.3) is 0 Å². The number of carbonyl (C=O) groups excluding carboxylic acids is 1. The highest BCUT2D eigenvalue weighted by Gasteiger charge is 2.51. The number of carbonyl (C=O) groups is 2. The summed E-state index contributed by atoms with van der Waals surface area (Å²) in [5.41, 5.74) is 1.79. The highest BCUT2D eigenvalue weighted by Crippen LogP contribution is 2.48. The molecule has 1 aromatic rings. The minimum absolute atomic E-state index is 0.00533. The van der Waals surface area contributed by atoms with Crippen LogP contribution < -0.4 is 5.32 Å². The van der Waals surface area contributed by atoms with E-state index in [2.05, 4.69) is 5.32 Å². The van der Waals surface area contributed by atoms with E-state index in [4.69, 9.17) is 0 Å². The van der Waals surface area contributed by atoms with Crippen LogP contribution in [0.1, 0.15) is 12.0 Å². The number of carboxylic acids is 1. The molecule has 2 bridgehead atoms. The third kappa shape index (κ3) is 2.11. The predicted octanol–water partition coefficient (Wildman–Crippen LogP) is 2.46. The smallest absolute Gasteiger partial charge is 0.307 e. The van der Waals surface area contributed by atoms with Gasteiger partial charge in [-0.3, -0.25) is 9.59 Å². The summed E-state index contributed by atoms with van der Waals surface area (Å²) < 4.78 is 0. The van der Waals surface area contributed by atoms with E-state index < -0.39 is 17.8 Å². The van der Waals surface area contributed by atoms with Gasteiger partial charge in [-0.25, -0.2) is 0 Å². The molecule has 0 radical (unpaired) electrons. The molecule has 4 heteroatoms. The van der Waals surface area contributed by atoms with Gasteiger partial charge in [0.15, 0.2) is 0 Å². The number of hydrogen-bond acceptors (Lipinski definition) is 2. The first-order valence-corrected chi connectivity index (χ1v) is 6.85. The van der Waals surface area contributed by atoms with Crippen LogP contribution in [-0.2, 0) is 9.59 Å². The second-order valence-corrected chi connectivity index (χ2v) is 5.70. The van der Waals surface area contributed by atoms with Crippen molar-refractivity contribution in [2.45, 2.75) is 13.3 Å². The maximum atomic E-state index is 12.4. The predicted molar refractivity (Wildman–Crippen MR) is 75.2 cm³/mol. The van der Waals surface area contributed by atoms with Crippen molar-refractivity contribution in [2.75, 3.05) is 5.32 Å². The first kappa shape index (κ1) is 12.9. The number of nitrogens with one attached hydrogen (secondary N) is 1. The minimum atomic E-state index is -0.869. The Morgan fingerprint density at radius 1 is 1.20 bits per heavy atom. The average molecular weight is 271 g/mol. The average Bonchev–Trinajstić information content (AvgIpc) is 2.98. The maximum Gasteiger partial charge on any atom is 0.307 e. The second-order valence-electron chi connectivity index (χ2n) is 5.70. The van der Waals surface area contributed by atoms with Crippen LogP contribution in [0.3, 0.4) is 0 Å². The van der Waals surface area contributed by atoms with Crippen LogP contribution in [0.4, 0.5) is 5.69 Å². The number of hydrogen-bond donors (Lipinski definition) is 2. The van der Waals surface area contributed by atoms with E-state index in [1.807, 2.05) is 43.3 Å². The Kier molecular flexibility index (Phi) is 3.08. The first-order valence-electron chi connectivity index (χ1n) is 6.85. The Morgan fingerprint density at radius 2 is 1.90 bits per heavy atom. The van der Waals surface area contributed by atoms with Gasteiger partial charge < -0.3 is 10.4 Å². The number of rotatable bonds is 3. The third-order valence-corrected chi connectivity index (χ3v) is 4.33. The molecule has 2 aliphatic carbocycles. The summed E-state index contributed by atoms with van der Waals surface area (Å²) in [5.74, 6) is -2.03. The molecule has 0 aliphatic heterocycles. The van der Waals surface area contributed by atoms with Gasteiger partial charge in [-0.15, -0.1) is 0 Å². The van der Waals surface area contributed by atoms with Crippen molar-refractivity contribution >= 4 is 17.6 Å². The Labute approximate surface area is 117 Å². The molecule has 0 unspecified atom stereocenters. The summed E-state index contributed by atoms with van der Waals surface area (Å²) in [6.45, 7) is 1.95. The van der Waals surface area contributed by atoms with E-state index in [9.17, 15) is 14.7 Å². The van der Waals surface area contributed by atoms with Crippen LogP contribution in [0.5, 0.6) is 0 Å². The van der Waals surface area contributed by atoms with E-state index in [0.29, 0.717) is 0 Å². The van der Waals surface area contributed by atoms with Crippen molar-refractivity contribution in [1.82, 2.24) is 0 Å². The monoisotopic (exact) mass is 271 g/mol. The summed E-state index contributed by atoms with van der Waals surface area (Å²) in [6.07, 6.45) is 4.72. The first-order chi connectivity index (χ1) is 9.56. The number of aryl methyl sites for hydroxylation is 1. The zero-order chi connectivity index (χ0) is 14.3. The van der Waals surface area contributed by atoms with Crippen LogP contribution in [0, 0.1) is 30.6 Å². The number of anilines is 1. The SMILES string of the molecule is Cc1cccc(NC(=O)[C@@H]2[C@@H](C(=O)O)[C@H]3C=C[C@H]2C3)c1. The van der Waals surface area contributed by atoms with Crippen molar-refractivity contribution in [3.8, 4) is 0 Å². The topological polar surface area (TPSA) is 66.4 Å². The van der Waals surface area contributed by atoms with Crippen LogP contribution in [-0.4, -0.2) is 17.0 Å². The molecule has 104 valence electrons. The van der Waals surface area contributed by atoms with Crippen molar-refractivity contribution in [3.05, 3.63) is 42.0 Å². The summed E-state index contributed by atoms with van der Waals surface area (Å²) in [4.78, 5) is 23.8. The molecule has 0 spiro atoms. The number of benzene rings is 1. The van der Waals surface area contributed by atoms with Crippen LogP contribution in [0.2, 0.25) is 0 Å². The summed E-state index contributed by atoms with van der Waals surface area (Å²) >= 11 is 0. The minimum Gasteiger partial charge on any atom is -0.481 e. The number of aliphatic carboxylic acids is 1. The molecule has 4 atom stereocenters. The van der Waals surface area contributed by atoms with Gasteiger partial charge in [-0.1, -0.05) is 24.3 Å². The number of fused-ring (bicyclic) bond motifs is 2. The zero-order valence-corrected chi connectivity index (χ0v) is 11.2. The lowest BCUT2D eigenvalue weighted by molar-refractivity contribution is -0.146. The number of amides is 1. The summed E-state index contributed by atoms with van der Waals surface area (Å²) in [5, 5.41) is 12.2. The molecule has 1 fully saturated rings. The van der Waals surface area contributed by atoms with Gasteiger partial charge in [-0.2, -0.15) is 0 Å². The lowest BCUT2D eigenvalue weighted by Gasteiger charge is -2.23. The largest absolute Gasteiger partial charge is 0.481 e. The highest BCUT2D eigenvalue weighted by atomic mass is 16.4. The standard InChI is InChI=1S/C16H17NO3/c1-9-3-2-4-12(7-9)17-15(18)13-10-5-6-11(8-10)14(13)16(19)20/h2-7,10-11,13-14H,8H2,1H3,(H,17,18)(H,19,20)/t10-,11-,13-,14-/m0/s1. The van der Waals surface area contributed by atoms with E-state index in [1.54, 1.807) is 0 Å². The molecular weight excluding hydrogens is 254 g/mol. The van der Waals surface area contributed by atoms with Crippen molar-refractivity contribution in [1.29, 1.82) is 0 Å². The Morgan fingerprint density at radius 3 is 2.55 bits per heavy atom. The lowest BCUT2D eigenvalue weighted by Crippen LogP contribution is -2.36. The molecule has 2 aliphatic rings. The van der Waals surface area contributed by atoms with Crippen molar-refractivity contribution in [2.24, 2.45) is 23.7 Å². The molecule has 2 N–H and O–H groups in total. The van der Waals surface area contributed by atoms with E-state index in [0.717, 1.165) is 17.7 Å². The van der Waals surface area contributed by atoms with Crippen LogP contribution in [0.15, 0.2) is 36.4 Å². The van der Waals surface area contributed by atoms with E-state index in [-0.39, 0.29) is 17.7 Å². The lowest BCUT2D eigenvalue weighted by atomic mass is 9.82. The quantitative estimate of drug-likeness (QED) is 0.830. The molecule has 3 rings (SSSR count). The molecule has 20 heavy (non-hydrogen) atoms. The Hall–Kier alpha value is -2.10. The molecule has 4 nitrogen and oxygen atoms in total. The van der Waals surface area contributed by atoms with Gasteiger partial charge in [0.1, 0.15) is 0 Å². The fourth-order valence-corrected chi connectivity index (χ4v) is 3.46.